The molecule has 1 amide bonds. The lowest BCUT2D eigenvalue weighted by Gasteiger charge is -2.13. The summed E-state index contributed by atoms with van der Waals surface area (Å²) < 4.78 is 2.26. The number of aromatic nitrogens is 2. The third-order valence-electron chi connectivity index (χ3n) is 6.22. The van der Waals surface area contributed by atoms with Crippen molar-refractivity contribution in [3.8, 4) is 28.2 Å². The highest BCUT2D eigenvalue weighted by Gasteiger charge is 2.21. The van der Waals surface area contributed by atoms with Crippen LogP contribution in [0.3, 0.4) is 0 Å². The molecule has 0 aliphatic carbocycles. The Morgan fingerprint density at radius 1 is 0.795 bits per heavy atom. The summed E-state index contributed by atoms with van der Waals surface area (Å²) in [6.45, 7) is 0.565. The van der Waals surface area contributed by atoms with Crippen LogP contribution in [0.2, 0.25) is 10.0 Å². The molecule has 0 atom stereocenters. The average Bonchev–Trinajstić information content (AvgIpc) is 3.35. The van der Waals surface area contributed by atoms with E-state index in [0.29, 0.717) is 22.2 Å². The van der Waals surface area contributed by atoms with Crippen molar-refractivity contribution in [1.29, 1.82) is 0 Å². The van der Waals surface area contributed by atoms with Crippen molar-refractivity contribution in [2.24, 2.45) is 0 Å². The zero-order chi connectivity index (χ0) is 27.0. The topological polar surface area (TPSA) is 46.9 Å². The van der Waals surface area contributed by atoms with Gasteiger partial charge < -0.3 is 5.32 Å². The summed E-state index contributed by atoms with van der Waals surface area (Å²) >= 11 is 13.8. The molecule has 4 aromatic carbocycles. The van der Waals surface area contributed by atoms with Gasteiger partial charge in [0.15, 0.2) is 5.16 Å². The SMILES string of the molecule is O=C(NCCCCSc1nc(-c2ccccc2)c(-c2ccccc2)n1-c1ccccc1)c1ccc(Cl)cc1Cl. The van der Waals surface area contributed by atoms with Crippen LogP contribution in [-0.4, -0.2) is 27.8 Å². The predicted molar refractivity (Wildman–Crippen MR) is 163 cm³/mol. The van der Waals surface area contributed by atoms with Gasteiger partial charge in [-0.1, -0.05) is 114 Å². The summed E-state index contributed by atoms with van der Waals surface area (Å²) in [4.78, 5) is 17.7. The van der Waals surface area contributed by atoms with Gasteiger partial charge in [0, 0.05) is 34.1 Å². The third kappa shape index (κ3) is 6.56. The maximum Gasteiger partial charge on any atom is 0.252 e. The molecule has 39 heavy (non-hydrogen) atoms. The molecule has 1 heterocycles. The lowest BCUT2D eigenvalue weighted by atomic mass is 10.0. The molecule has 0 saturated carbocycles. The molecular weight excluding hydrogens is 545 g/mol. The van der Waals surface area contributed by atoms with E-state index in [4.69, 9.17) is 28.2 Å². The van der Waals surface area contributed by atoms with Crippen LogP contribution >= 0.6 is 35.0 Å². The first kappa shape index (κ1) is 27.1. The zero-order valence-electron chi connectivity index (χ0n) is 21.2. The Balaban J connectivity index is 1.34. The van der Waals surface area contributed by atoms with Gasteiger partial charge in [-0.2, -0.15) is 0 Å². The second-order valence-corrected chi connectivity index (χ2v) is 10.8. The summed E-state index contributed by atoms with van der Waals surface area (Å²) in [6.07, 6.45) is 1.76. The second kappa shape index (κ2) is 13.0. The fraction of sp³-hybridized carbons (Fsp3) is 0.125. The van der Waals surface area contributed by atoms with Crippen LogP contribution in [0, 0.1) is 0 Å². The number of imidazole rings is 1. The highest BCUT2D eigenvalue weighted by Crippen LogP contribution is 2.38. The van der Waals surface area contributed by atoms with Crippen molar-refractivity contribution >= 4 is 40.9 Å². The number of carbonyl (C=O) groups excluding carboxylic acids is 1. The van der Waals surface area contributed by atoms with Gasteiger partial charge >= 0.3 is 0 Å². The number of amides is 1. The Morgan fingerprint density at radius 3 is 2.10 bits per heavy atom. The smallest absolute Gasteiger partial charge is 0.252 e. The number of unbranched alkanes of at least 4 members (excludes halogenated alkanes) is 1. The van der Waals surface area contributed by atoms with Gasteiger partial charge in [0.05, 0.1) is 22.0 Å². The van der Waals surface area contributed by atoms with Crippen molar-refractivity contribution in [2.75, 3.05) is 12.3 Å². The van der Waals surface area contributed by atoms with Gasteiger partial charge in [0.2, 0.25) is 0 Å². The van der Waals surface area contributed by atoms with E-state index >= 15 is 0 Å². The number of thioether (sulfide) groups is 1. The highest BCUT2D eigenvalue weighted by molar-refractivity contribution is 7.99. The minimum absolute atomic E-state index is 0.191. The molecule has 0 saturated heterocycles. The number of halogens is 2. The average molecular weight is 573 g/mol. The zero-order valence-corrected chi connectivity index (χ0v) is 23.5. The standard InChI is InChI=1S/C32H27Cl2N3OS/c33-25-18-19-27(28(34)22-25)31(38)35-20-10-11-21-39-32-36-29(23-12-4-1-5-13-23)30(24-14-6-2-7-15-24)37(32)26-16-8-3-9-17-26/h1-9,12-19,22H,10-11,20-21H2,(H,35,38). The van der Waals surface area contributed by atoms with Gasteiger partial charge in [-0.3, -0.25) is 9.36 Å². The van der Waals surface area contributed by atoms with E-state index in [1.54, 1.807) is 30.0 Å². The Kier molecular flexibility index (Phi) is 9.04. The van der Waals surface area contributed by atoms with E-state index in [2.05, 4.69) is 70.5 Å². The molecule has 4 nitrogen and oxygen atoms in total. The van der Waals surface area contributed by atoms with Gasteiger partial charge in [-0.15, -0.1) is 0 Å². The molecule has 5 rings (SSSR count). The molecule has 5 aromatic rings. The second-order valence-electron chi connectivity index (χ2n) is 8.93. The summed E-state index contributed by atoms with van der Waals surface area (Å²) in [5.41, 5.74) is 5.73. The van der Waals surface area contributed by atoms with Crippen LogP contribution in [0.15, 0.2) is 114 Å². The molecular formula is C32H27Cl2N3OS. The molecule has 0 aliphatic heterocycles. The largest absolute Gasteiger partial charge is 0.352 e. The number of para-hydroxylation sites is 1. The van der Waals surface area contributed by atoms with Gasteiger partial charge in [0.25, 0.3) is 5.91 Å². The van der Waals surface area contributed by atoms with Crippen molar-refractivity contribution < 1.29 is 4.79 Å². The number of rotatable bonds is 10. The minimum atomic E-state index is -0.191. The normalized spacial score (nSPS) is 10.9. The molecule has 0 fully saturated rings. The number of carbonyl (C=O) groups is 1. The number of benzene rings is 4. The summed E-state index contributed by atoms with van der Waals surface area (Å²) in [7, 11) is 0. The van der Waals surface area contributed by atoms with Gasteiger partial charge in [0.1, 0.15) is 0 Å². The fourth-order valence-electron chi connectivity index (χ4n) is 4.33. The first-order valence-corrected chi connectivity index (χ1v) is 14.5. The van der Waals surface area contributed by atoms with E-state index < -0.39 is 0 Å². The van der Waals surface area contributed by atoms with E-state index in [0.717, 1.165) is 52.0 Å². The quantitative estimate of drug-likeness (QED) is 0.134. The van der Waals surface area contributed by atoms with Crippen molar-refractivity contribution in [3.05, 3.63) is 125 Å². The highest BCUT2D eigenvalue weighted by atomic mass is 35.5. The molecule has 0 radical (unpaired) electrons. The van der Waals surface area contributed by atoms with Crippen LogP contribution in [0.1, 0.15) is 23.2 Å². The predicted octanol–water partition coefficient (Wildman–Crippen LogP) is 8.82. The Labute approximate surface area is 243 Å². The third-order valence-corrected chi connectivity index (χ3v) is 7.79. The minimum Gasteiger partial charge on any atom is -0.352 e. The van der Waals surface area contributed by atoms with Crippen molar-refractivity contribution in [1.82, 2.24) is 14.9 Å². The van der Waals surface area contributed by atoms with E-state index in [9.17, 15) is 4.79 Å². The van der Waals surface area contributed by atoms with Crippen LogP contribution in [0.5, 0.6) is 0 Å². The fourth-order valence-corrected chi connectivity index (χ4v) is 5.84. The van der Waals surface area contributed by atoms with Crippen LogP contribution in [0.4, 0.5) is 0 Å². The molecule has 0 unspecified atom stereocenters. The van der Waals surface area contributed by atoms with E-state index in [-0.39, 0.29) is 5.91 Å². The molecule has 0 aliphatic rings. The van der Waals surface area contributed by atoms with Crippen LogP contribution < -0.4 is 5.32 Å². The van der Waals surface area contributed by atoms with Crippen molar-refractivity contribution in [3.63, 3.8) is 0 Å². The van der Waals surface area contributed by atoms with Gasteiger partial charge in [-0.25, -0.2) is 4.98 Å². The molecule has 7 heteroatoms. The van der Waals surface area contributed by atoms with Crippen molar-refractivity contribution in [2.45, 2.75) is 18.0 Å². The molecule has 1 aromatic heterocycles. The number of nitrogens with one attached hydrogen (secondary N) is 1. The molecule has 196 valence electrons. The summed E-state index contributed by atoms with van der Waals surface area (Å²) in [5.74, 6) is 0.674. The maximum absolute atomic E-state index is 12.5. The summed E-state index contributed by atoms with van der Waals surface area (Å²) in [6, 6.07) is 36.0. The first-order chi connectivity index (χ1) is 19.1. The lowest BCUT2D eigenvalue weighted by Crippen LogP contribution is -2.24. The van der Waals surface area contributed by atoms with Crippen LogP contribution in [0.25, 0.3) is 28.2 Å². The Morgan fingerprint density at radius 2 is 1.44 bits per heavy atom. The number of hydrogen-bond acceptors (Lipinski definition) is 3. The Hall–Kier alpha value is -3.51. The van der Waals surface area contributed by atoms with E-state index in [1.807, 2.05) is 30.3 Å². The summed E-state index contributed by atoms with van der Waals surface area (Å²) in [5, 5.41) is 4.76. The molecule has 0 bridgehead atoms. The molecule has 1 N–H and O–H groups in total. The monoisotopic (exact) mass is 571 g/mol. The number of hydrogen-bond donors (Lipinski definition) is 1. The maximum atomic E-state index is 12.5. The molecule has 0 spiro atoms. The van der Waals surface area contributed by atoms with Crippen LogP contribution in [-0.2, 0) is 0 Å². The number of nitrogens with zero attached hydrogens (tertiary/aromatic N) is 2. The van der Waals surface area contributed by atoms with Gasteiger partial charge in [-0.05, 0) is 43.2 Å². The first-order valence-electron chi connectivity index (χ1n) is 12.8. The van der Waals surface area contributed by atoms with E-state index in [1.165, 1.54) is 0 Å². The Bertz CT molecular complexity index is 1540. The lowest BCUT2D eigenvalue weighted by molar-refractivity contribution is 0.0953.